The molecular weight excluding hydrogens is 493 g/mol. The van der Waals surface area contributed by atoms with Gasteiger partial charge in [-0.15, -0.1) is 0 Å². The van der Waals surface area contributed by atoms with Gasteiger partial charge in [0.15, 0.2) is 0 Å². The topological polar surface area (TPSA) is 127 Å². The number of nitrogens with zero attached hydrogens (tertiary/aromatic N) is 3. The number of aliphatic hydroxyl groups is 2. The number of para-hydroxylation sites is 1. The van der Waals surface area contributed by atoms with Gasteiger partial charge in [-0.25, -0.2) is 9.97 Å². The quantitative estimate of drug-likeness (QED) is 0.346. The van der Waals surface area contributed by atoms with Crippen LogP contribution in [0.4, 0.5) is 18.9 Å². The molecule has 0 fully saturated rings. The Morgan fingerprint density at radius 2 is 1.92 bits per heavy atom. The van der Waals surface area contributed by atoms with Gasteiger partial charge < -0.3 is 20.3 Å². The molecule has 3 N–H and O–H groups in total. The highest BCUT2D eigenvalue weighted by Crippen LogP contribution is 2.32. The van der Waals surface area contributed by atoms with Crippen molar-refractivity contribution in [2.75, 3.05) is 18.5 Å². The minimum atomic E-state index is -4.58. The van der Waals surface area contributed by atoms with Crippen LogP contribution in [-0.4, -0.2) is 50.0 Å². The monoisotopic (exact) mass is 514 g/mol. The van der Waals surface area contributed by atoms with Crippen molar-refractivity contribution in [3.05, 3.63) is 82.3 Å². The van der Waals surface area contributed by atoms with Crippen molar-refractivity contribution < 1.29 is 32.9 Å². The molecule has 12 heteroatoms. The lowest BCUT2D eigenvalue weighted by Crippen LogP contribution is -2.23. The van der Waals surface area contributed by atoms with Gasteiger partial charge in [0.2, 0.25) is 5.88 Å². The fourth-order valence-electron chi connectivity index (χ4n) is 3.58. The van der Waals surface area contributed by atoms with Gasteiger partial charge in [0.1, 0.15) is 29.6 Å². The Balaban J connectivity index is 1.75. The van der Waals surface area contributed by atoms with Crippen molar-refractivity contribution in [3.8, 4) is 17.3 Å². The number of halogens is 3. The van der Waals surface area contributed by atoms with Gasteiger partial charge in [0.25, 0.3) is 11.5 Å². The van der Waals surface area contributed by atoms with E-state index in [1.807, 2.05) is 0 Å². The molecule has 0 bridgehead atoms. The van der Waals surface area contributed by atoms with Crippen LogP contribution in [0.2, 0.25) is 0 Å². The molecule has 0 saturated heterocycles. The Morgan fingerprint density at radius 3 is 2.65 bits per heavy atom. The molecular formula is C25H21F3N4O5. The van der Waals surface area contributed by atoms with Gasteiger partial charge in [-0.05, 0) is 36.4 Å². The molecule has 4 rings (SSSR count). The van der Waals surface area contributed by atoms with E-state index in [2.05, 4.69) is 15.3 Å². The molecule has 192 valence electrons. The number of hydrogen-bond acceptors (Lipinski definition) is 7. The maximum Gasteiger partial charge on any atom is 0.416 e. The summed E-state index contributed by atoms with van der Waals surface area (Å²) in [5.74, 6) is -0.785. The summed E-state index contributed by atoms with van der Waals surface area (Å²) in [7, 11) is 1.40. The first-order valence-corrected chi connectivity index (χ1v) is 11.0. The number of rotatable bonds is 7. The molecule has 1 atom stereocenters. The van der Waals surface area contributed by atoms with Gasteiger partial charge >= 0.3 is 6.18 Å². The fourth-order valence-corrected chi connectivity index (χ4v) is 3.58. The summed E-state index contributed by atoms with van der Waals surface area (Å²) in [5, 5.41) is 21.3. The SMILES string of the molecule is Cn1c(-c2cccc(C(F)(F)F)c2)nc2c(NC(=O)c3cccnc3OCC(O)CO)cccc2c1=O. The molecule has 0 aliphatic heterocycles. The maximum atomic E-state index is 13.3. The van der Waals surface area contributed by atoms with E-state index in [4.69, 9.17) is 9.84 Å². The van der Waals surface area contributed by atoms with Gasteiger partial charge in [0, 0.05) is 18.8 Å². The fraction of sp³-hybridized carbons (Fsp3) is 0.200. The number of pyridine rings is 1. The number of carbonyl (C=O) groups is 1. The van der Waals surface area contributed by atoms with Crippen LogP contribution in [0.25, 0.3) is 22.3 Å². The van der Waals surface area contributed by atoms with Crippen LogP contribution in [0.3, 0.4) is 0 Å². The van der Waals surface area contributed by atoms with Gasteiger partial charge in [0.05, 0.1) is 23.2 Å². The number of anilines is 1. The maximum absolute atomic E-state index is 13.3. The molecule has 9 nitrogen and oxygen atoms in total. The van der Waals surface area contributed by atoms with E-state index in [0.717, 1.165) is 16.7 Å². The molecule has 2 aromatic carbocycles. The Labute approximate surface area is 207 Å². The van der Waals surface area contributed by atoms with Crippen LogP contribution < -0.4 is 15.6 Å². The molecule has 0 aliphatic rings. The van der Waals surface area contributed by atoms with Crippen LogP contribution in [0.1, 0.15) is 15.9 Å². The smallest absolute Gasteiger partial charge is 0.416 e. The summed E-state index contributed by atoms with van der Waals surface area (Å²) in [4.78, 5) is 34.6. The largest absolute Gasteiger partial charge is 0.474 e. The second kappa shape index (κ2) is 10.4. The summed E-state index contributed by atoms with van der Waals surface area (Å²) >= 11 is 0. The minimum absolute atomic E-state index is 0.00609. The van der Waals surface area contributed by atoms with Crippen LogP contribution in [0, 0.1) is 0 Å². The zero-order valence-corrected chi connectivity index (χ0v) is 19.4. The number of amides is 1. The molecule has 37 heavy (non-hydrogen) atoms. The summed E-state index contributed by atoms with van der Waals surface area (Å²) in [6.45, 7) is -0.848. The van der Waals surface area contributed by atoms with Crippen LogP contribution >= 0.6 is 0 Å². The van der Waals surface area contributed by atoms with Crippen molar-refractivity contribution in [1.29, 1.82) is 0 Å². The molecule has 2 heterocycles. The van der Waals surface area contributed by atoms with Crippen molar-refractivity contribution in [1.82, 2.24) is 14.5 Å². The summed E-state index contributed by atoms with van der Waals surface area (Å²) in [5.41, 5.74) is -1.12. The van der Waals surface area contributed by atoms with E-state index in [-0.39, 0.29) is 46.0 Å². The predicted octanol–water partition coefficient (Wildman–Crippen LogP) is 3.00. The standard InChI is InChI=1S/C25H21F3N4O5/c1-32-21(14-5-2-6-15(11-14)25(26,27)28)31-20-17(24(32)36)7-3-9-19(20)30-22(35)18-8-4-10-29-23(18)37-13-16(34)12-33/h2-11,16,33-34H,12-13H2,1H3,(H,30,35). The number of fused-ring (bicyclic) bond motifs is 1. The zero-order valence-electron chi connectivity index (χ0n) is 19.4. The highest BCUT2D eigenvalue weighted by Gasteiger charge is 2.31. The number of alkyl halides is 3. The third-order valence-corrected chi connectivity index (χ3v) is 5.44. The van der Waals surface area contributed by atoms with Gasteiger partial charge in [-0.1, -0.05) is 18.2 Å². The molecule has 1 unspecified atom stereocenters. The summed E-state index contributed by atoms with van der Waals surface area (Å²) in [6, 6.07) is 11.9. The normalized spacial score (nSPS) is 12.4. The second-order valence-electron chi connectivity index (χ2n) is 8.04. The number of carbonyl (C=O) groups excluding carboxylic acids is 1. The number of benzene rings is 2. The Morgan fingerprint density at radius 1 is 1.16 bits per heavy atom. The lowest BCUT2D eigenvalue weighted by molar-refractivity contribution is -0.137. The van der Waals surface area contributed by atoms with Crippen molar-refractivity contribution in [3.63, 3.8) is 0 Å². The number of aliphatic hydroxyl groups excluding tert-OH is 2. The van der Waals surface area contributed by atoms with Crippen LogP contribution in [-0.2, 0) is 13.2 Å². The van der Waals surface area contributed by atoms with E-state index in [0.29, 0.717) is 0 Å². The third-order valence-electron chi connectivity index (χ3n) is 5.44. The van der Waals surface area contributed by atoms with Crippen molar-refractivity contribution in [2.24, 2.45) is 7.05 Å². The van der Waals surface area contributed by atoms with Gasteiger partial charge in [-0.2, -0.15) is 13.2 Å². The number of aromatic nitrogens is 3. The molecule has 0 saturated carbocycles. The van der Waals surface area contributed by atoms with E-state index in [1.54, 1.807) is 0 Å². The molecule has 2 aromatic heterocycles. The second-order valence-corrected chi connectivity index (χ2v) is 8.04. The first-order chi connectivity index (χ1) is 17.6. The molecule has 0 spiro atoms. The first kappa shape index (κ1) is 25.8. The number of ether oxygens (including phenoxy) is 1. The highest BCUT2D eigenvalue weighted by atomic mass is 19.4. The van der Waals surface area contributed by atoms with E-state index in [1.165, 1.54) is 55.7 Å². The van der Waals surface area contributed by atoms with Crippen LogP contribution in [0.5, 0.6) is 5.88 Å². The average Bonchev–Trinajstić information content (AvgIpc) is 2.89. The Kier molecular flexibility index (Phi) is 7.23. The average molecular weight is 514 g/mol. The minimum Gasteiger partial charge on any atom is -0.474 e. The van der Waals surface area contributed by atoms with E-state index < -0.39 is 35.9 Å². The van der Waals surface area contributed by atoms with E-state index >= 15 is 0 Å². The molecule has 0 aliphatic carbocycles. The number of hydrogen-bond donors (Lipinski definition) is 3. The first-order valence-electron chi connectivity index (χ1n) is 11.0. The summed E-state index contributed by atoms with van der Waals surface area (Å²) in [6.07, 6.45) is -4.38. The van der Waals surface area contributed by atoms with Gasteiger partial charge in [-0.3, -0.25) is 14.2 Å². The Bertz CT molecular complexity index is 1520. The zero-order chi connectivity index (χ0) is 26.7. The van der Waals surface area contributed by atoms with E-state index in [9.17, 15) is 27.9 Å². The molecule has 0 radical (unpaired) electrons. The third kappa shape index (κ3) is 5.44. The van der Waals surface area contributed by atoms with Crippen LogP contribution in [0.15, 0.2) is 65.6 Å². The highest BCUT2D eigenvalue weighted by molar-refractivity contribution is 6.09. The van der Waals surface area contributed by atoms with Crippen molar-refractivity contribution >= 4 is 22.5 Å². The Hall–Kier alpha value is -4.29. The number of nitrogens with one attached hydrogen (secondary N) is 1. The van der Waals surface area contributed by atoms with Crippen molar-refractivity contribution in [2.45, 2.75) is 12.3 Å². The summed E-state index contributed by atoms with van der Waals surface area (Å²) < 4.78 is 46.3. The molecule has 1 amide bonds. The lowest BCUT2D eigenvalue weighted by atomic mass is 10.1. The molecule has 4 aromatic rings. The lowest BCUT2D eigenvalue weighted by Gasteiger charge is -2.15. The predicted molar refractivity (Wildman–Crippen MR) is 128 cm³/mol.